The van der Waals surface area contributed by atoms with E-state index in [4.69, 9.17) is 23.7 Å². The average molecular weight is 554 g/mol. The summed E-state index contributed by atoms with van der Waals surface area (Å²) in [4.78, 5) is 30.3. The summed E-state index contributed by atoms with van der Waals surface area (Å²) in [7, 11) is 3.12. The van der Waals surface area contributed by atoms with E-state index in [1.165, 1.54) is 0 Å². The fraction of sp³-hybridized carbons (Fsp3) is 0.500. The molecule has 0 radical (unpaired) electrons. The average Bonchev–Trinajstić information content (AvgIpc) is 3.39. The highest BCUT2D eigenvalue weighted by molar-refractivity contribution is 6.04. The number of rotatable bonds is 19. The Bertz CT molecular complexity index is 998. The van der Waals surface area contributed by atoms with Gasteiger partial charge in [0.1, 0.15) is 13.6 Å². The molecule has 8 heteroatoms. The van der Waals surface area contributed by atoms with Gasteiger partial charge in [0, 0.05) is 26.7 Å². The number of likely N-dealkylation sites (tertiary alicyclic amines) is 1. The number of benzene rings is 2. The summed E-state index contributed by atoms with van der Waals surface area (Å²) in [5.74, 6) is -1.70. The molecule has 0 saturated carbocycles. The molecule has 8 nitrogen and oxygen atoms in total. The van der Waals surface area contributed by atoms with E-state index in [1.54, 1.807) is 25.2 Å². The molecule has 2 aromatic carbocycles. The number of ether oxygens (including phenoxy) is 5. The van der Waals surface area contributed by atoms with Gasteiger partial charge in [-0.05, 0) is 36.8 Å². The first-order valence-corrected chi connectivity index (χ1v) is 13.9. The van der Waals surface area contributed by atoms with Crippen molar-refractivity contribution in [1.82, 2.24) is 4.90 Å². The van der Waals surface area contributed by atoms with Crippen molar-refractivity contribution in [2.75, 3.05) is 47.6 Å². The molecule has 0 aliphatic carbocycles. The lowest BCUT2D eigenvalue weighted by atomic mass is 9.83. The number of hydrogen-bond donors (Lipinski definition) is 0. The minimum Gasteiger partial charge on any atom is -0.377 e. The molecule has 0 spiro atoms. The lowest BCUT2D eigenvalue weighted by Crippen LogP contribution is -2.50. The summed E-state index contributed by atoms with van der Waals surface area (Å²) in [6, 6.07) is 19.1. The van der Waals surface area contributed by atoms with Crippen molar-refractivity contribution in [3.05, 3.63) is 84.4 Å². The Hall–Kier alpha value is -2.88. The van der Waals surface area contributed by atoms with Crippen molar-refractivity contribution >= 4 is 11.7 Å². The SMILES string of the molecule is C=CC[C@H](C(=O)[C@H](CCOCc1ccccc1)C(=O)N1[C@H](COCOC)CC[C@H]1COCOC)c1ccccc1. The van der Waals surface area contributed by atoms with Crippen molar-refractivity contribution in [2.24, 2.45) is 5.92 Å². The predicted octanol–water partition coefficient (Wildman–Crippen LogP) is 4.74. The smallest absolute Gasteiger partial charge is 0.233 e. The highest BCUT2D eigenvalue weighted by atomic mass is 16.7. The number of hydrogen-bond acceptors (Lipinski definition) is 7. The van der Waals surface area contributed by atoms with Gasteiger partial charge >= 0.3 is 0 Å². The van der Waals surface area contributed by atoms with Gasteiger partial charge in [0.05, 0.1) is 37.8 Å². The van der Waals surface area contributed by atoms with E-state index in [-0.39, 0.29) is 50.4 Å². The van der Waals surface area contributed by atoms with Crippen LogP contribution in [0.15, 0.2) is 73.3 Å². The number of nitrogens with zero attached hydrogens (tertiary/aromatic N) is 1. The first-order valence-electron chi connectivity index (χ1n) is 13.9. The van der Waals surface area contributed by atoms with Gasteiger partial charge in [-0.25, -0.2) is 0 Å². The van der Waals surface area contributed by atoms with Gasteiger partial charge in [-0.3, -0.25) is 9.59 Å². The number of methoxy groups -OCH3 is 2. The Labute approximate surface area is 238 Å². The van der Waals surface area contributed by atoms with Gasteiger partial charge in [0.2, 0.25) is 5.91 Å². The Morgan fingerprint density at radius 2 is 1.48 bits per heavy atom. The molecular weight excluding hydrogens is 510 g/mol. The zero-order valence-electron chi connectivity index (χ0n) is 23.7. The van der Waals surface area contributed by atoms with Crippen LogP contribution < -0.4 is 0 Å². The molecule has 1 aliphatic heterocycles. The Morgan fingerprint density at radius 3 is 2.02 bits per heavy atom. The number of carbonyl (C=O) groups is 2. The minimum atomic E-state index is -0.881. The maximum atomic E-state index is 14.3. The maximum Gasteiger partial charge on any atom is 0.233 e. The number of ketones is 1. The van der Waals surface area contributed by atoms with Crippen molar-refractivity contribution in [2.45, 2.75) is 50.3 Å². The fourth-order valence-electron chi connectivity index (χ4n) is 5.23. The van der Waals surface area contributed by atoms with Crippen molar-refractivity contribution in [3.8, 4) is 0 Å². The van der Waals surface area contributed by atoms with Crippen LogP contribution in [0.3, 0.4) is 0 Å². The highest BCUT2D eigenvalue weighted by Crippen LogP contribution is 2.32. The normalized spacial score (nSPS) is 18.4. The molecular formula is C32H43NO7. The third-order valence-corrected chi connectivity index (χ3v) is 7.15. The topological polar surface area (TPSA) is 83.5 Å². The van der Waals surface area contributed by atoms with Crippen LogP contribution in [0, 0.1) is 5.92 Å². The maximum absolute atomic E-state index is 14.3. The van der Waals surface area contributed by atoms with Gasteiger partial charge in [-0.2, -0.15) is 0 Å². The molecule has 4 atom stereocenters. The van der Waals surface area contributed by atoms with Crippen LogP contribution >= 0.6 is 0 Å². The van der Waals surface area contributed by atoms with E-state index in [2.05, 4.69) is 6.58 Å². The van der Waals surface area contributed by atoms with Crippen molar-refractivity contribution in [3.63, 3.8) is 0 Å². The summed E-state index contributed by atoms with van der Waals surface area (Å²) in [5.41, 5.74) is 1.91. The molecule has 0 unspecified atom stereocenters. The molecule has 1 fully saturated rings. The van der Waals surface area contributed by atoms with E-state index in [0.717, 1.165) is 24.0 Å². The lowest BCUT2D eigenvalue weighted by molar-refractivity contribution is -0.149. The second-order valence-corrected chi connectivity index (χ2v) is 9.95. The monoisotopic (exact) mass is 553 g/mol. The molecule has 40 heavy (non-hydrogen) atoms. The summed E-state index contributed by atoms with van der Waals surface area (Å²) in [6.45, 7) is 5.47. The van der Waals surface area contributed by atoms with Crippen LogP contribution in [0.1, 0.15) is 42.7 Å². The number of carbonyl (C=O) groups excluding carboxylic acids is 2. The summed E-state index contributed by atoms with van der Waals surface area (Å²) in [5, 5.41) is 0. The summed E-state index contributed by atoms with van der Waals surface area (Å²) in [6.07, 6.45) is 3.95. The second-order valence-electron chi connectivity index (χ2n) is 9.95. The molecule has 218 valence electrons. The predicted molar refractivity (Wildman–Crippen MR) is 153 cm³/mol. The lowest BCUT2D eigenvalue weighted by Gasteiger charge is -2.34. The molecule has 0 bridgehead atoms. The number of amides is 1. The molecule has 1 heterocycles. The molecule has 1 amide bonds. The molecule has 0 aromatic heterocycles. The van der Waals surface area contributed by atoms with E-state index >= 15 is 0 Å². The van der Waals surface area contributed by atoms with Crippen molar-refractivity contribution < 1.29 is 33.3 Å². The number of Topliss-reactive ketones (excluding diaryl/α,β-unsaturated/α-hetero) is 1. The van der Waals surface area contributed by atoms with Gasteiger partial charge < -0.3 is 28.6 Å². The quantitative estimate of drug-likeness (QED) is 0.108. The van der Waals surface area contributed by atoms with Crippen LogP contribution in [0.5, 0.6) is 0 Å². The van der Waals surface area contributed by atoms with Gasteiger partial charge in [0.15, 0.2) is 5.78 Å². The minimum absolute atomic E-state index is 0.126. The van der Waals surface area contributed by atoms with Crippen LogP contribution in [0.2, 0.25) is 0 Å². The third-order valence-electron chi connectivity index (χ3n) is 7.15. The summed E-state index contributed by atoms with van der Waals surface area (Å²) >= 11 is 0. The van der Waals surface area contributed by atoms with Crippen LogP contribution in [-0.2, 0) is 39.9 Å². The molecule has 1 saturated heterocycles. The fourth-order valence-corrected chi connectivity index (χ4v) is 5.23. The largest absolute Gasteiger partial charge is 0.377 e. The molecule has 3 rings (SSSR count). The van der Waals surface area contributed by atoms with Crippen LogP contribution in [-0.4, -0.2) is 76.3 Å². The van der Waals surface area contributed by atoms with E-state index in [9.17, 15) is 9.59 Å². The third kappa shape index (κ3) is 9.35. The highest BCUT2D eigenvalue weighted by Gasteiger charge is 2.43. The Kier molecular flexibility index (Phi) is 14.0. The van der Waals surface area contributed by atoms with E-state index in [0.29, 0.717) is 26.2 Å². The molecule has 1 aliphatic rings. The van der Waals surface area contributed by atoms with E-state index < -0.39 is 11.8 Å². The van der Waals surface area contributed by atoms with Crippen molar-refractivity contribution in [1.29, 1.82) is 0 Å². The summed E-state index contributed by atoms with van der Waals surface area (Å²) < 4.78 is 27.4. The zero-order valence-corrected chi connectivity index (χ0v) is 23.7. The second kappa shape index (κ2) is 17.7. The van der Waals surface area contributed by atoms with Crippen LogP contribution in [0.4, 0.5) is 0 Å². The van der Waals surface area contributed by atoms with Gasteiger partial charge in [0.25, 0.3) is 0 Å². The number of allylic oxidation sites excluding steroid dienone is 1. The first-order chi connectivity index (χ1) is 19.6. The van der Waals surface area contributed by atoms with Gasteiger partial charge in [-0.1, -0.05) is 66.7 Å². The Balaban J connectivity index is 1.84. The first kappa shape index (κ1) is 31.6. The Morgan fingerprint density at radius 1 is 0.900 bits per heavy atom. The molecule has 0 N–H and O–H groups in total. The molecule has 2 aromatic rings. The van der Waals surface area contributed by atoms with Crippen LogP contribution in [0.25, 0.3) is 0 Å². The standard InChI is InChI=1S/C32H43NO7/c1-4-11-29(26-14-9-6-10-15-26)31(34)30(18-19-38-20-25-12-7-5-8-13-25)32(35)33-27(21-39-23-36-2)16-17-28(33)22-40-24-37-3/h4-10,12-15,27-30H,1,11,16-24H2,2-3H3/t27-,28-,29-,30-/m0/s1. The van der Waals surface area contributed by atoms with E-state index in [1.807, 2.05) is 60.7 Å². The zero-order chi connectivity index (χ0) is 28.6. The van der Waals surface area contributed by atoms with Gasteiger partial charge in [-0.15, -0.1) is 6.58 Å².